The molecule has 0 aliphatic heterocycles. The molecule has 1 atom stereocenters. The zero-order valence-corrected chi connectivity index (χ0v) is 21.2. The molecule has 8 nitrogen and oxygen atoms in total. The van der Waals surface area contributed by atoms with Crippen molar-refractivity contribution < 1.29 is 18.7 Å². The Labute approximate surface area is 224 Å². The van der Waals surface area contributed by atoms with Gasteiger partial charge in [-0.3, -0.25) is 14.5 Å². The maximum atomic E-state index is 14.1. The topological polar surface area (TPSA) is 89.3 Å². The predicted octanol–water partition coefficient (Wildman–Crippen LogP) is 4.67. The van der Waals surface area contributed by atoms with Crippen molar-refractivity contribution in [3.8, 4) is 5.75 Å². The van der Waals surface area contributed by atoms with Gasteiger partial charge in [0, 0.05) is 18.3 Å². The number of carbonyl (C=O) groups excluding carboxylic acids is 2. The lowest BCUT2D eigenvalue weighted by atomic mass is 10.0. The third kappa shape index (κ3) is 5.77. The van der Waals surface area contributed by atoms with Crippen LogP contribution in [-0.4, -0.2) is 33.9 Å². The van der Waals surface area contributed by atoms with E-state index in [0.717, 1.165) is 5.56 Å². The Balaban J connectivity index is 1.54. The van der Waals surface area contributed by atoms with Crippen LogP contribution >= 0.6 is 0 Å². The molecular weight excluding hydrogens is 497 g/mol. The van der Waals surface area contributed by atoms with Crippen LogP contribution in [0, 0.1) is 5.82 Å². The van der Waals surface area contributed by atoms with Gasteiger partial charge in [-0.2, -0.15) is 0 Å². The molecule has 9 heteroatoms. The van der Waals surface area contributed by atoms with E-state index in [1.807, 2.05) is 42.5 Å². The minimum atomic E-state index is -1.01. The highest BCUT2D eigenvalue weighted by atomic mass is 19.1. The summed E-state index contributed by atoms with van der Waals surface area (Å²) in [4.78, 5) is 29.3. The largest absolute Gasteiger partial charge is 0.497 e. The van der Waals surface area contributed by atoms with Gasteiger partial charge < -0.3 is 10.1 Å². The van der Waals surface area contributed by atoms with Gasteiger partial charge in [0.1, 0.15) is 29.7 Å². The van der Waals surface area contributed by atoms with Crippen LogP contribution in [0.25, 0.3) is 11.0 Å². The molecule has 1 aromatic heterocycles. The van der Waals surface area contributed by atoms with Gasteiger partial charge in [0.15, 0.2) is 0 Å². The molecule has 0 aliphatic carbocycles. The number of amides is 2. The van der Waals surface area contributed by atoms with E-state index in [9.17, 15) is 14.0 Å². The Bertz CT molecular complexity index is 1590. The lowest BCUT2D eigenvalue weighted by Crippen LogP contribution is -2.45. The molecule has 0 bridgehead atoms. The van der Waals surface area contributed by atoms with Crippen molar-refractivity contribution >= 4 is 28.5 Å². The van der Waals surface area contributed by atoms with E-state index in [1.165, 1.54) is 28.8 Å². The van der Waals surface area contributed by atoms with Crippen LogP contribution in [0.15, 0.2) is 103 Å². The van der Waals surface area contributed by atoms with Crippen LogP contribution in [0.4, 0.5) is 10.1 Å². The Morgan fingerprint density at radius 3 is 2.46 bits per heavy atom. The Hall–Kier alpha value is -5.05. The molecule has 0 saturated heterocycles. The van der Waals surface area contributed by atoms with Crippen LogP contribution in [0.1, 0.15) is 17.2 Å². The molecule has 2 amide bonds. The van der Waals surface area contributed by atoms with Crippen molar-refractivity contribution in [2.45, 2.75) is 19.1 Å². The van der Waals surface area contributed by atoms with Gasteiger partial charge in [0.25, 0.3) is 0 Å². The SMILES string of the molecule is COc1cccc(N(C(=O)Cn2nnc3ccccc32)[C@@H](C(=O)NCc2ccc(F)cc2)c2ccccc2)c1. The fourth-order valence-electron chi connectivity index (χ4n) is 4.38. The number of aromatic nitrogens is 3. The number of rotatable bonds is 9. The Morgan fingerprint density at radius 2 is 1.69 bits per heavy atom. The number of fused-ring (bicyclic) bond motifs is 1. The average Bonchev–Trinajstić information content (AvgIpc) is 3.38. The van der Waals surface area contributed by atoms with E-state index in [2.05, 4.69) is 15.6 Å². The molecule has 5 rings (SSSR count). The zero-order chi connectivity index (χ0) is 27.2. The predicted molar refractivity (Wildman–Crippen MR) is 145 cm³/mol. The lowest BCUT2D eigenvalue weighted by molar-refractivity contribution is -0.127. The maximum absolute atomic E-state index is 14.1. The van der Waals surface area contributed by atoms with Crippen LogP contribution in [0.2, 0.25) is 0 Å². The molecular formula is C30H26FN5O3. The number of benzene rings is 4. The van der Waals surface area contributed by atoms with Gasteiger partial charge in [-0.05, 0) is 47.5 Å². The quantitative estimate of drug-likeness (QED) is 0.303. The van der Waals surface area contributed by atoms with Gasteiger partial charge in [0.05, 0.1) is 12.6 Å². The molecule has 4 aromatic carbocycles. The first-order valence-corrected chi connectivity index (χ1v) is 12.3. The Kier molecular flexibility index (Phi) is 7.58. The van der Waals surface area contributed by atoms with Gasteiger partial charge in [-0.15, -0.1) is 5.10 Å². The lowest BCUT2D eigenvalue weighted by Gasteiger charge is -2.31. The molecule has 0 unspecified atom stereocenters. The molecule has 0 radical (unpaired) electrons. The number of nitrogens with zero attached hydrogens (tertiary/aromatic N) is 4. The van der Waals surface area contributed by atoms with Gasteiger partial charge in [-0.1, -0.05) is 65.9 Å². The zero-order valence-electron chi connectivity index (χ0n) is 21.2. The molecule has 0 spiro atoms. The number of anilines is 1. The first-order valence-electron chi connectivity index (χ1n) is 12.3. The monoisotopic (exact) mass is 523 g/mol. The summed E-state index contributed by atoms with van der Waals surface area (Å²) >= 11 is 0. The summed E-state index contributed by atoms with van der Waals surface area (Å²) in [5.41, 5.74) is 3.19. The molecule has 0 saturated carbocycles. The summed E-state index contributed by atoms with van der Waals surface area (Å²) in [6.07, 6.45) is 0. The van der Waals surface area contributed by atoms with Crippen LogP contribution in [0.3, 0.4) is 0 Å². The van der Waals surface area contributed by atoms with Crippen LogP contribution in [-0.2, 0) is 22.7 Å². The van der Waals surface area contributed by atoms with Crippen LogP contribution < -0.4 is 15.0 Å². The fourth-order valence-corrected chi connectivity index (χ4v) is 4.38. The number of hydrogen-bond acceptors (Lipinski definition) is 5. The summed E-state index contributed by atoms with van der Waals surface area (Å²) in [5, 5.41) is 11.2. The van der Waals surface area contributed by atoms with Crippen molar-refractivity contribution in [1.29, 1.82) is 0 Å². The highest BCUT2D eigenvalue weighted by Gasteiger charge is 2.33. The number of carbonyl (C=O) groups is 2. The molecule has 1 N–H and O–H groups in total. The van der Waals surface area contributed by atoms with Crippen molar-refractivity contribution in [3.63, 3.8) is 0 Å². The third-order valence-corrected chi connectivity index (χ3v) is 6.31. The summed E-state index contributed by atoms with van der Waals surface area (Å²) in [6, 6.07) is 28.3. The molecule has 1 heterocycles. The highest BCUT2D eigenvalue weighted by Crippen LogP contribution is 2.31. The summed E-state index contributed by atoms with van der Waals surface area (Å²) in [6.45, 7) is 0.0165. The second-order valence-electron chi connectivity index (χ2n) is 8.86. The number of nitrogens with one attached hydrogen (secondary N) is 1. The maximum Gasteiger partial charge on any atom is 0.249 e. The van der Waals surface area contributed by atoms with Gasteiger partial charge in [0.2, 0.25) is 11.8 Å². The molecule has 0 aliphatic rings. The van der Waals surface area contributed by atoms with Crippen molar-refractivity contribution in [3.05, 3.63) is 120 Å². The standard InChI is InChI=1S/C30H26FN5O3/c1-39-25-11-7-10-24(18-25)36(28(37)20-35-27-13-6-5-12-26(27)33-34-35)29(22-8-3-2-4-9-22)30(38)32-19-21-14-16-23(31)17-15-21/h2-18,29H,19-20H2,1H3,(H,32,38)/t29-/m1/s1. The third-order valence-electron chi connectivity index (χ3n) is 6.31. The van der Waals surface area contributed by atoms with E-state index in [1.54, 1.807) is 48.5 Å². The van der Waals surface area contributed by atoms with Crippen LogP contribution in [0.5, 0.6) is 5.75 Å². The fraction of sp³-hybridized carbons (Fsp3) is 0.133. The normalized spacial score (nSPS) is 11.6. The van der Waals surface area contributed by atoms with E-state index >= 15 is 0 Å². The number of para-hydroxylation sites is 1. The first-order chi connectivity index (χ1) is 19.0. The first kappa shape index (κ1) is 25.6. The summed E-state index contributed by atoms with van der Waals surface area (Å²) in [5.74, 6) is -0.590. The number of hydrogen-bond donors (Lipinski definition) is 1. The van der Waals surface area contributed by atoms with Crippen molar-refractivity contribution in [2.24, 2.45) is 0 Å². The summed E-state index contributed by atoms with van der Waals surface area (Å²) in [7, 11) is 1.54. The minimum Gasteiger partial charge on any atom is -0.497 e. The van der Waals surface area contributed by atoms with Crippen molar-refractivity contribution in [1.82, 2.24) is 20.3 Å². The molecule has 39 heavy (non-hydrogen) atoms. The van der Waals surface area contributed by atoms with Gasteiger partial charge >= 0.3 is 0 Å². The summed E-state index contributed by atoms with van der Waals surface area (Å²) < 4.78 is 20.3. The Morgan fingerprint density at radius 1 is 0.949 bits per heavy atom. The van der Waals surface area contributed by atoms with Gasteiger partial charge in [-0.25, -0.2) is 9.07 Å². The smallest absolute Gasteiger partial charge is 0.249 e. The average molecular weight is 524 g/mol. The van der Waals surface area contributed by atoms with E-state index in [0.29, 0.717) is 28.0 Å². The number of ether oxygens (including phenoxy) is 1. The second kappa shape index (κ2) is 11.6. The molecule has 0 fully saturated rings. The molecule has 196 valence electrons. The van der Waals surface area contributed by atoms with E-state index in [4.69, 9.17) is 4.74 Å². The van der Waals surface area contributed by atoms with E-state index < -0.39 is 11.9 Å². The highest BCUT2D eigenvalue weighted by molar-refractivity contribution is 6.01. The van der Waals surface area contributed by atoms with Crippen molar-refractivity contribution in [2.75, 3.05) is 12.0 Å². The molecule has 5 aromatic rings. The van der Waals surface area contributed by atoms with E-state index in [-0.39, 0.29) is 24.8 Å². The number of methoxy groups -OCH3 is 1. The number of halogens is 1. The second-order valence-corrected chi connectivity index (χ2v) is 8.86. The minimum absolute atomic E-state index is 0.147.